The second-order valence-corrected chi connectivity index (χ2v) is 4.45. The number of nitrogens with one attached hydrogen (secondary N) is 1. The van der Waals surface area contributed by atoms with Crippen molar-refractivity contribution in [3.8, 4) is 0 Å². The molecule has 5 heteroatoms. The summed E-state index contributed by atoms with van der Waals surface area (Å²) in [6.07, 6.45) is 0.658. The van der Waals surface area contributed by atoms with Crippen LogP contribution in [-0.2, 0) is 20.7 Å². The fraction of sp³-hybridized carbons (Fsp3) is 0.357. The predicted octanol–water partition coefficient (Wildman–Crippen LogP) is 1.56. The van der Waals surface area contributed by atoms with Gasteiger partial charge in [0, 0.05) is 11.3 Å². The Morgan fingerprint density at radius 3 is 2.79 bits per heavy atom. The van der Waals surface area contributed by atoms with E-state index in [0.29, 0.717) is 12.0 Å². The van der Waals surface area contributed by atoms with Crippen molar-refractivity contribution in [2.75, 3.05) is 12.4 Å². The summed E-state index contributed by atoms with van der Waals surface area (Å²) in [5, 5.41) is 2.70. The van der Waals surface area contributed by atoms with Crippen molar-refractivity contribution in [3.63, 3.8) is 0 Å². The molecule has 0 saturated carbocycles. The third-order valence-electron chi connectivity index (χ3n) is 3.23. The van der Waals surface area contributed by atoms with E-state index in [4.69, 9.17) is 0 Å². The number of esters is 1. The first-order valence-corrected chi connectivity index (χ1v) is 6.11. The van der Waals surface area contributed by atoms with Gasteiger partial charge in [-0.15, -0.1) is 0 Å². The first-order chi connectivity index (χ1) is 9.06. The van der Waals surface area contributed by atoms with Gasteiger partial charge < -0.3 is 10.1 Å². The van der Waals surface area contributed by atoms with Crippen LogP contribution >= 0.6 is 0 Å². The number of methoxy groups -OCH3 is 1. The van der Waals surface area contributed by atoms with Crippen LogP contribution in [0.1, 0.15) is 29.3 Å². The van der Waals surface area contributed by atoms with Crippen LogP contribution in [-0.4, -0.2) is 24.8 Å². The number of rotatable bonds is 4. The lowest BCUT2D eigenvalue weighted by Gasteiger charge is -2.11. The molecule has 1 aliphatic heterocycles. The molecule has 1 aromatic rings. The highest BCUT2D eigenvalue weighted by Crippen LogP contribution is 2.25. The van der Waals surface area contributed by atoms with Crippen molar-refractivity contribution in [3.05, 3.63) is 29.3 Å². The van der Waals surface area contributed by atoms with E-state index in [1.807, 2.05) is 0 Å². The van der Waals surface area contributed by atoms with Gasteiger partial charge in [-0.1, -0.05) is 6.92 Å². The van der Waals surface area contributed by atoms with Gasteiger partial charge in [0.2, 0.25) is 5.91 Å². The van der Waals surface area contributed by atoms with E-state index < -0.39 is 11.9 Å². The fourth-order valence-corrected chi connectivity index (χ4v) is 2.19. The van der Waals surface area contributed by atoms with Crippen LogP contribution in [0.25, 0.3) is 0 Å². The Morgan fingerprint density at radius 1 is 1.42 bits per heavy atom. The maximum atomic E-state index is 12.3. The van der Waals surface area contributed by atoms with Gasteiger partial charge in [-0.3, -0.25) is 14.4 Å². The maximum absolute atomic E-state index is 12.3. The van der Waals surface area contributed by atoms with Gasteiger partial charge in [0.15, 0.2) is 5.78 Å². The highest BCUT2D eigenvalue weighted by molar-refractivity contribution is 6.09. The van der Waals surface area contributed by atoms with Gasteiger partial charge in [0.1, 0.15) is 5.92 Å². The Bertz CT molecular complexity index is 550. The second-order valence-electron chi connectivity index (χ2n) is 4.45. The number of Topliss-reactive ketones (excluding diaryl/α,β-unsaturated/α-hetero) is 1. The van der Waals surface area contributed by atoms with Crippen LogP contribution in [0.5, 0.6) is 0 Å². The summed E-state index contributed by atoms with van der Waals surface area (Å²) in [6.45, 7) is 1.76. The van der Waals surface area contributed by atoms with Gasteiger partial charge in [-0.05, 0) is 30.2 Å². The molecular formula is C14H15NO4. The standard InChI is InChI=1S/C14H15NO4/c1-3-10(14(18)19-2)13(17)8-4-5-11-9(6-8)7-12(16)15-11/h4-6,10H,3,7H2,1-2H3,(H,15,16). The van der Waals surface area contributed by atoms with E-state index in [2.05, 4.69) is 10.1 Å². The van der Waals surface area contributed by atoms with Gasteiger partial charge >= 0.3 is 5.97 Å². The summed E-state index contributed by atoms with van der Waals surface area (Å²) in [7, 11) is 1.27. The van der Waals surface area contributed by atoms with E-state index >= 15 is 0 Å². The molecule has 0 spiro atoms. The molecule has 0 saturated heterocycles. The second kappa shape index (κ2) is 5.22. The average molecular weight is 261 g/mol. The molecule has 0 fully saturated rings. The van der Waals surface area contributed by atoms with Crippen LogP contribution in [0.3, 0.4) is 0 Å². The van der Waals surface area contributed by atoms with Crippen LogP contribution in [0.4, 0.5) is 5.69 Å². The smallest absolute Gasteiger partial charge is 0.316 e. The lowest BCUT2D eigenvalue weighted by atomic mass is 9.94. The summed E-state index contributed by atoms with van der Waals surface area (Å²) in [6, 6.07) is 4.98. The number of hydrogen-bond donors (Lipinski definition) is 1. The Labute approximate surface area is 110 Å². The molecule has 1 heterocycles. The first-order valence-electron chi connectivity index (χ1n) is 6.11. The average Bonchev–Trinajstić information content (AvgIpc) is 2.77. The SMILES string of the molecule is CCC(C(=O)OC)C(=O)c1ccc2c(c1)CC(=O)N2. The molecule has 1 unspecified atom stereocenters. The number of anilines is 1. The molecule has 1 atom stereocenters. The van der Waals surface area contributed by atoms with Crippen LogP contribution in [0.2, 0.25) is 0 Å². The van der Waals surface area contributed by atoms with Gasteiger partial charge in [-0.25, -0.2) is 0 Å². The Balaban J connectivity index is 2.27. The minimum atomic E-state index is -0.784. The number of ether oxygens (including phenoxy) is 1. The fourth-order valence-electron chi connectivity index (χ4n) is 2.19. The van der Waals surface area contributed by atoms with Crippen molar-refractivity contribution in [1.82, 2.24) is 0 Å². The molecule has 0 aromatic heterocycles. The molecule has 5 nitrogen and oxygen atoms in total. The zero-order valence-corrected chi connectivity index (χ0v) is 10.9. The minimum Gasteiger partial charge on any atom is -0.468 e. The minimum absolute atomic E-state index is 0.0837. The van der Waals surface area contributed by atoms with Crippen LogP contribution < -0.4 is 5.32 Å². The Hall–Kier alpha value is -2.17. The van der Waals surface area contributed by atoms with E-state index in [1.54, 1.807) is 25.1 Å². The summed E-state index contributed by atoms with van der Waals surface area (Å²) < 4.78 is 4.63. The van der Waals surface area contributed by atoms with E-state index in [9.17, 15) is 14.4 Å². The first kappa shape index (κ1) is 13.3. The van der Waals surface area contributed by atoms with Gasteiger partial charge in [-0.2, -0.15) is 0 Å². The molecule has 19 heavy (non-hydrogen) atoms. The van der Waals surface area contributed by atoms with Crippen molar-refractivity contribution in [1.29, 1.82) is 0 Å². The lowest BCUT2D eigenvalue weighted by molar-refractivity contribution is -0.143. The third kappa shape index (κ3) is 2.50. The predicted molar refractivity (Wildman–Crippen MR) is 68.9 cm³/mol. The number of benzene rings is 1. The number of carbonyl (C=O) groups is 3. The molecule has 1 aromatic carbocycles. The van der Waals surface area contributed by atoms with E-state index in [-0.39, 0.29) is 18.1 Å². The van der Waals surface area contributed by atoms with E-state index in [0.717, 1.165) is 11.3 Å². The largest absolute Gasteiger partial charge is 0.468 e. The number of amides is 1. The molecule has 1 amide bonds. The third-order valence-corrected chi connectivity index (χ3v) is 3.23. The van der Waals surface area contributed by atoms with Gasteiger partial charge in [0.25, 0.3) is 0 Å². The Morgan fingerprint density at radius 2 is 2.16 bits per heavy atom. The van der Waals surface area contributed by atoms with Crippen molar-refractivity contribution >= 4 is 23.3 Å². The lowest BCUT2D eigenvalue weighted by Crippen LogP contribution is -2.24. The number of fused-ring (bicyclic) bond motifs is 1. The number of ketones is 1. The topological polar surface area (TPSA) is 72.5 Å². The highest BCUT2D eigenvalue weighted by atomic mass is 16.5. The molecule has 1 N–H and O–H groups in total. The molecule has 0 aliphatic carbocycles. The molecule has 0 bridgehead atoms. The highest BCUT2D eigenvalue weighted by Gasteiger charge is 2.28. The van der Waals surface area contributed by atoms with Crippen LogP contribution in [0.15, 0.2) is 18.2 Å². The normalized spacial score (nSPS) is 14.5. The molecule has 100 valence electrons. The maximum Gasteiger partial charge on any atom is 0.316 e. The monoisotopic (exact) mass is 261 g/mol. The van der Waals surface area contributed by atoms with Crippen LogP contribution in [0, 0.1) is 5.92 Å². The van der Waals surface area contributed by atoms with Crippen molar-refractivity contribution in [2.45, 2.75) is 19.8 Å². The zero-order chi connectivity index (χ0) is 14.0. The molecule has 1 aliphatic rings. The number of carbonyl (C=O) groups excluding carboxylic acids is 3. The van der Waals surface area contributed by atoms with Crippen molar-refractivity contribution in [2.24, 2.45) is 5.92 Å². The number of hydrogen-bond acceptors (Lipinski definition) is 4. The summed E-state index contributed by atoms with van der Waals surface area (Å²) in [5.74, 6) is -1.66. The Kier molecular flexibility index (Phi) is 3.64. The zero-order valence-electron chi connectivity index (χ0n) is 10.9. The summed E-state index contributed by atoms with van der Waals surface area (Å²) in [4.78, 5) is 35.0. The summed E-state index contributed by atoms with van der Waals surface area (Å²) in [5.41, 5.74) is 1.95. The summed E-state index contributed by atoms with van der Waals surface area (Å²) >= 11 is 0. The quantitative estimate of drug-likeness (QED) is 0.507. The van der Waals surface area contributed by atoms with E-state index in [1.165, 1.54) is 7.11 Å². The molecule has 0 radical (unpaired) electrons. The molecular weight excluding hydrogens is 246 g/mol. The van der Waals surface area contributed by atoms with Gasteiger partial charge in [0.05, 0.1) is 13.5 Å². The molecule has 2 rings (SSSR count). The van der Waals surface area contributed by atoms with Crippen molar-refractivity contribution < 1.29 is 19.1 Å².